The minimum Gasteiger partial charge on any atom is -0.354 e. The molecular formula is C26H37N5O. The lowest BCUT2D eigenvalue weighted by molar-refractivity contribution is -0.132. The molecule has 3 heterocycles. The third-order valence-corrected chi connectivity index (χ3v) is 6.72. The lowest BCUT2D eigenvalue weighted by atomic mass is 10.0. The number of nitrogens with zero attached hydrogens (tertiary/aromatic N) is 5. The summed E-state index contributed by atoms with van der Waals surface area (Å²) in [5, 5.41) is 0. The summed E-state index contributed by atoms with van der Waals surface area (Å²) in [6.07, 6.45) is 7.34. The fraction of sp³-hybridized carbons (Fsp3) is 0.577. The van der Waals surface area contributed by atoms with Gasteiger partial charge in [-0.3, -0.25) is 4.79 Å². The summed E-state index contributed by atoms with van der Waals surface area (Å²) in [6.45, 7) is 7.59. The molecule has 1 fully saturated rings. The van der Waals surface area contributed by atoms with Gasteiger partial charge in [0, 0.05) is 56.7 Å². The highest BCUT2D eigenvalue weighted by Crippen LogP contribution is 2.30. The van der Waals surface area contributed by atoms with Gasteiger partial charge in [0.25, 0.3) is 0 Å². The third-order valence-electron chi connectivity index (χ3n) is 6.72. The predicted octanol–water partition coefficient (Wildman–Crippen LogP) is 4.14. The Labute approximate surface area is 192 Å². The lowest BCUT2D eigenvalue weighted by Gasteiger charge is -2.37. The van der Waals surface area contributed by atoms with Gasteiger partial charge in [-0.25, -0.2) is 9.97 Å². The molecule has 0 unspecified atom stereocenters. The number of hydrogen-bond donors (Lipinski definition) is 0. The first-order valence-electron chi connectivity index (χ1n) is 12.3. The summed E-state index contributed by atoms with van der Waals surface area (Å²) in [7, 11) is 2.17. The van der Waals surface area contributed by atoms with Crippen LogP contribution in [0.15, 0.2) is 30.3 Å². The highest BCUT2D eigenvalue weighted by Gasteiger charge is 2.28. The van der Waals surface area contributed by atoms with E-state index in [1.807, 2.05) is 23.1 Å². The Kier molecular flexibility index (Phi) is 7.74. The van der Waals surface area contributed by atoms with E-state index in [0.29, 0.717) is 13.0 Å². The maximum atomic E-state index is 12.9. The highest BCUT2D eigenvalue weighted by atomic mass is 16.2. The summed E-state index contributed by atoms with van der Waals surface area (Å²) in [6, 6.07) is 10.2. The lowest BCUT2D eigenvalue weighted by Crippen LogP contribution is -2.46. The van der Waals surface area contributed by atoms with Crippen molar-refractivity contribution in [3.05, 3.63) is 41.6 Å². The van der Waals surface area contributed by atoms with Crippen molar-refractivity contribution >= 4 is 11.7 Å². The van der Waals surface area contributed by atoms with Crippen molar-refractivity contribution in [1.29, 1.82) is 0 Å². The van der Waals surface area contributed by atoms with Crippen LogP contribution < -0.4 is 4.90 Å². The summed E-state index contributed by atoms with van der Waals surface area (Å²) >= 11 is 0. The van der Waals surface area contributed by atoms with Gasteiger partial charge in [0.2, 0.25) is 5.91 Å². The van der Waals surface area contributed by atoms with Crippen LogP contribution in [-0.2, 0) is 17.8 Å². The number of aromatic nitrogens is 2. The van der Waals surface area contributed by atoms with Crippen LogP contribution in [-0.4, -0.2) is 65.4 Å². The Morgan fingerprint density at radius 2 is 1.69 bits per heavy atom. The largest absolute Gasteiger partial charge is 0.354 e. The fourth-order valence-electron chi connectivity index (χ4n) is 4.64. The van der Waals surface area contributed by atoms with E-state index in [1.54, 1.807) is 0 Å². The molecule has 0 aliphatic carbocycles. The molecule has 0 radical (unpaired) electrons. The zero-order chi connectivity index (χ0) is 22.3. The molecule has 0 atom stereocenters. The number of carbonyl (C=O) groups is 1. The number of anilines is 1. The first-order chi connectivity index (χ1) is 15.7. The van der Waals surface area contributed by atoms with Crippen LogP contribution in [0.25, 0.3) is 11.4 Å². The molecule has 1 amide bonds. The van der Waals surface area contributed by atoms with Crippen LogP contribution in [0.1, 0.15) is 56.7 Å². The number of piperazine rings is 1. The summed E-state index contributed by atoms with van der Waals surface area (Å²) in [5.41, 5.74) is 3.32. The molecule has 1 saturated heterocycles. The Balaban J connectivity index is 1.55. The molecule has 6 nitrogen and oxygen atoms in total. The predicted molar refractivity (Wildman–Crippen MR) is 130 cm³/mol. The molecule has 0 saturated carbocycles. The van der Waals surface area contributed by atoms with Crippen LogP contribution in [0.5, 0.6) is 0 Å². The van der Waals surface area contributed by atoms with Gasteiger partial charge in [-0.15, -0.1) is 0 Å². The van der Waals surface area contributed by atoms with Crippen molar-refractivity contribution in [2.45, 2.75) is 58.4 Å². The first kappa shape index (κ1) is 22.7. The maximum absolute atomic E-state index is 12.9. The number of unbranched alkanes of at least 4 members (excludes halogenated alkanes) is 4. The summed E-state index contributed by atoms with van der Waals surface area (Å²) < 4.78 is 0. The molecule has 0 spiro atoms. The standard InChI is InChI=1S/C26H37N5O/c1-3-4-5-6-10-13-24(32)31-15-14-23-22(20-31)26(30-18-16-29(2)17-19-30)28-25(27-23)21-11-8-7-9-12-21/h7-9,11-12H,3-6,10,13-20H2,1-2H3. The maximum Gasteiger partial charge on any atom is 0.222 e. The molecule has 0 bridgehead atoms. The van der Waals surface area contributed by atoms with Gasteiger partial charge in [0.15, 0.2) is 5.82 Å². The number of benzene rings is 1. The quantitative estimate of drug-likeness (QED) is 0.583. The number of amides is 1. The molecular weight excluding hydrogens is 398 g/mol. The summed E-state index contributed by atoms with van der Waals surface area (Å²) in [5.74, 6) is 2.11. The summed E-state index contributed by atoms with van der Waals surface area (Å²) in [4.78, 5) is 29.7. The number of hydrogen-bond acceptors (Lipinski definition) is 5. The highest BCUT2D eigenvalue weighted by molar-refractivity contribution is 5.77. The van der Waals surface area contributed by atoms with Gasteiger partial charge in [0.1, 0.15) is 5.82 Å². The number of fused-ring (bicyclic) bond motifs is 1. The van der Waals surface area contributed by atoms with E-state index >= 15 is 0 Å². The van der Waals surface area contributed by atoms with Crippen LogP contribution in [0.4, 0.5) is 5.82 Å². The van der Waals surface area contributed by atoms with Crippen molar-refractivity contribution in [1.82, 2.24) is 19.8 Å². The fourth-order valence-corrected chi connectivity index (χ4v) is 4.64. The van der Waals surface area contributed by atoms with Crippen molar-refractivity contribution in [3.8, 4) is 11.4 Å². The van der Waals surface area contributed by atoms with Crippen molar-refractivity contribution in [3.63, 3.8) is 0 Å². The molecule has 1 aromatic heterocycles. The van der Waals surface area contributed by atoms with E-state index in [4.69, 9.17) is 9.97 Å². The van der Waals surface area contributed by atoms with Gasteiger partial charge in [0.05, 0.1) is 12.2 Å². The van der Waals surface area contributed by atoms with Gasteiger partial charge in [-0.05, 0) is 13.5 Å². The minimum absolute atomic E-state index is 0.281. The smallest absolute Gasteiger partial charge is 0.222 e. The monoisotopic (exact) mass is 435 g/mol. The Morgan fingerprint density at radius 1 is 0.938 bits per heavy atom. The average Bonchev–Trinajstić information content (AvgIpc) is 2.84. The van der Waals surface area contributed by atoms with E-state index in [-0.39, 0.29) is 5.91 Å². The van der Waals surface area contributed by atoms with Crippen LogP contribution in [0, 0.1) is 0 Å². The Hall–Kier alpha value is -2.47. The van der Waals surface area contributed by atoms with E-state index in [1.165, 1.54) is 19.3 Å². The average molecular weight is 436 g/mol. The van der Waals surface area contributed by atoms with Gasteiger partial charge in [-0.2, -0.15) is 0 Å². The van der Waals surface area contributed by atoms with Gasteiger partial charge < -0.3 is 14.7 Å². The van der Waals surface area contributed by atoms with Crippen LogP contribution >= 0.6 is 0 Å². The molecule has 32 heavy (non-hydrogen) atoms. The zero-order valence-corrected chi connectivity index (χ0v) is 19.7. The Morgan fingerprint density at radius 3 is 2.44 bits per heavy atom. The first-order valence-corrected chi connectivity index (χ1v) is 12.3. The number of likely N-dealkylation sites (N-methyl/N-ethyl adjacent to an activating group) is 1. The zero-order valence-electron chi connectivity index (χ0n) is 19.7. The normalized spacial score (nSPS) is 16.8. The number of rotatable bonds is 8. The molecule has 1 aromatic carbocycles. The topological polar surface area (TPSA) is 52.6 Å². The van der Waals surface area contributed by atoms with E-state index in [2.05, 4.69) is 35.9 Å². The van der Waals surface area contributed by atoms with Gasteiger partial charge >= 0.3 is 0 Å². The van der Waals surface area contributed by atoms with E-state index < -0.39 is 0 Å². The van der Waals surface area contributed by atoms with E-state index in [0.717, 1.165) is 80.4 Å². The SMILES string of the molecule is CCCCCCCC(=O)N1CCc2nc(-c3ccccc3)nc(N3CCN(C)CC3)c2C1. The van der Waals surface area contributed by atoms with Crippen molar-refractivity contribution in [2.24, 2.45) is 0 Å². The van der Waals surface area contributed by atoms with Crippen LogP contribution in [0.3, 0.4) is 0 Å². The Bertz CT molecular complexity index is 893. The van der Waals surface area contributed by atoms with Crippen LogP contribution in [0.2, 0.25) is 0 Å². The molecule has 0 N–H and O–H groups in total. The van der Waals surface area contributed by atoms with Gasteiger partial charge in [-0.1, -0.05) is 62.9 Å². The second kappa shape index (κ2) is 10.9. The molecule has 2 aliphatic rings. The number of carbonyl (C=O) groups excluding carboxylic acids is 1. The third kappa shape index (κ3) is 5.47. The molecule has 6 heteroatoms. The second-order valence-corrected chi connectivity index (χ2v) is 9.18. The van der Waals surface area contributed by atoms with E-state index in [9.17, 15) is 4.79 Å². The minimum atomic E-state index is 0.281. The van der Waals surface area contributed by atoms with Crippen molar-refractivity contribution < 1.29 is 4.79 Å². The van der Waals surface area contributed by atoms with Crippen molar-refractivity contribution in [2.75, 3.05) is 44.7 Å². The molecule has 172 valence electrons. The molecule has 4 rings (SSSR count). The molecule has 2 aromatic rings. The second-order valence-electron chi connectivity index (χ2n) is 9.18. The molecule has 2 aliphatic heterocycles.